The Morgan fingerprint density at radius 1 is 0.949 bits per heavy atom. The van der Waals surface area contributed by atoms with Gasteiger partial charge in [0.05, 0.1) is 26.4 Å². The molecule has 1 N–H and O–H groups in total. The molecule has 4 aromatic rings. The molecule has 39 heavy (non-hydrogen) atoms. The molecule has 3 unspecified atom stereocenters. The molecule has 4 aromatic carbocycles. The molecule has 0 amide bonds. The zero-order valence-electron chi connectivity index (χ0n) is 22.2. The molecule has 1 fully saturated rings. The van der Waals surface area contributed by atoms with E-state index in [4.69, 9.17) is 14.0 Å². The number of hydrogen-bond acceptors (Lipinski definition) is 5. The monoisotopic (exact) mass is 540 g/mol. The quantitative estimate of drug-likeness (QED) is 0.179. The number of benzene rings is 4. The lowest BCUT2D eigenvalue weighted by molar-refractivity contribution is 0.0509. The second kappa shape index (κ2) is 12.5. The third kappa shape index (κ3) is 6.68. The summed E-state index contributed by atoms with van der Waals surface area (Å²) in [5, 5.41) is 12.0. The third-order valence-corrected chi connectivity index (χ3v) is 9.17. The Kier molecular flexibility index (Phi) is 8.61. The van der Waals surface area contributed by atoms with E-state index in [1.165, 1.54) is 5.56 Å². The predicted molar refractivity (Wildman–Crippen MR) is 155 cm³/mol. The number of rotatable bonds is 9. The molecule has 1 aliphatic rings. The Bertz CT molecular complexity index is 1400. The number of hydrogen-bond donors (Lipinski definition) is 1. The minimum absolute atomic E-state index is 0.119. The molecule has 1 saturated heterocycles. The van der Waals surface area contributed by atoms with Crippen LogP contribution in [-0.4, -0.2) is 23.3 Å². The van der Waals surface area contributed by atoms with Crippen LogP contribution in [0.4, 0.5) is 0 Å². The number of carbonyl (C=O) groups excluding carboxylic acids is 1. The zero-order chi connectivity index (χ0) is 27.2. The molecule has 200 valence electrons. The van der Waals surface area contributed by atoms with Gasteiger partial charge in [0.2, 0.25) is 0 Å². The fourth-order valence-electron chi connectivity index (χ4n) is 4.71. The minimum Gasteiger partial charge on any atom is -0.504 e. The Morgan fingerprint density at radius 2 is 1.72 bits per heavy atom. The van der Waals surface area contributed by atoms with E-state index in [2.05, 4.69) is 38.1 Å². The van der Waals surface area contributed by atoms with Crippen LogP contribution in [0, 0.1) is 6.92 Å². The first kappa shape index (κ1) is 26.9. The number of esters is 1. The highest BCUT2D eigenvalue weighted by Crippen LogP contribution is 2.57. The van der Waals surface area contributed by atoms with E-state index in [1.54, 1.807) is 12.1 Å². The lowest BCUT2D eigenvalue weighted by Crippen LogP contribution is -2.12. The van der Waals surface area contributed by atoms with E-state index >= 15 is 0 Å². The van der Waals surface area contributed by atoms with E-state index in [0.29, 0.717) is 30.9 Å². The van der Waals surface area contributed by atoms with E-state index in [1.807, 2.05) is 60.7 Å². The number of para-hydroxylation sites is 1. The van der Waals surface area contributed by atoms with Gasteiger partial charge in [0.25, 0.3) is 0 Å². The molecular weight excluding hydrogens is 507 g/mol. The van der Waals surface area contributed by atoms with Gasteiger partial charge in [-0.2, -0.15) is 0 Å². The van der Waals surface area contributed by atoms with Gasteiger partial charge in [-0.15, -0.1) is 0 Å². The van der Waals surface area contributed by atoms with Gasteiger partial charge < -0.3 is 19.1 Å². The van der Waals surface area contributed by atoms with Crippen LogP contribution in [-0.2, 0) is 22.3 Å². The summed E-state index contributed by atoms with van der Waals surface area (Å²) in [7, 11) is -0.983. The number of phenolic OH excluding ortho intramolecular Hbond substituents is 1. The van der Waals surface area contributed by atoms with Crippen LogP contribution < -0.4 is 10.0 Å². The molecule has 5 nitrogen and oxygen atoms in total. The van der Waals surface area contributed by atoms with Crippen molar-refractivity contribution in [3.05, 3.63) is 125 Å². The summed E-state index contributed by atoms with van der Waals surface area (Å²) in [5.41, 5.74) is 4.89. The van der Waals surface area contributed by atoms with Crippen molar-refractivity contribution < 1.29 is 23.9 Å². The van der Waals surface area contributed by atoms with Crippen LogP contribution in [0.5, 0.6) is 11.5 Å². The van der Waals surface area contributed by atoms with Gasteiger partial charge in [-0.1, -0.05) is 91.3 Å². The molecule has 0 radical (unpaired) electrons. The van der Waals surface area contributed by atoms with Crippen molar-refractivity contribution in [3.63, 3.8) is 0 Å². The summed E-state index contributed by atoms with van der Waals surface area (Å²) in [6.45, 7) is 4.92. The van der Waals surface area contributed by atoms with E-state index in [0.717, 1.165) is 28.4 Å². The molecule has 0 aromatic heterocycles. The second-order valence-corrected chi connectivity index (χ2v) is 12.2. The Hall–Kier alpha value is -3.66. The molecule has 5 rings (SSSR count). The average Bonchev–Trinajstić information content (AvgIpc) is 3.35. The van der Waals surface area contributed by atoms with Gasteiger partial charge in [0.15, 0.2) is 11.5 Å². The summed E-state index contributed by atoms with van der Waals surface area (Å²) < 4.78 is 18.0. The SMILES string of the molecule is Cc1ccc(CCOC(=O)c2cccc(P3OC(c4cccc(OCc5ccccc5)c4O)CC3C)c2)cc1. The smallest absolute Gasteiger partial charge is 0.338 e. The highest BCUT2D eigenvalue weighted by atomic mass is 31.1. The topological polar surface area (TPSA) is 65.0 Å². The standard InChI is InChI=1S/C33H33O5P/c1-23-14-16-25(17-15-23)18-19-36-33(35)27-10-6-11-28(21-27)39-24(2)20-31(38-39)29-12-7-13-30(32(29)34)37-22-26-8-4-3-5-9-26/h3-17,21,24,31,34H,18-20,22H2,1-2H3. The van der Waals surface area contributed by atoms with E-state index < -0.39 is 8.15 Å². The first-order chi connectivity index (χ1) is 19.0. The number of phenols is 1. The molecule has 6 heteroatoms. The molecule has 0 bridgehead atoms. The molecule has 1 heterocycles. The summed E-state index contributed by atoms with van der Waals surface area (Å²) in [5.74, 6) is 0.232. The highest BCUT2D eigenvalue weighted by molar-refractivity contribution is 7.61. The van der Waals surface area contributed by atoms with Crippen LogP contribution in [0.25, 0.3) is 0 Å². The van der Waals surface area contributed by atoms with Crippen molar-refractivity contribution in [3.8, 4) is 11.5 Å². The van der Waals surface area contributed by atoms with Crippen molar-refractivity contribution in [2.24, 2.45) is 0 Å². The first-order valence-corrected chi connectivity index (χ1v) is 14.6. The minimum atomic E-state index is -0.983. The van der Waals surface area contributed by atoms with Crippen LogP contribution >= 0.6 is 8.15 Å². The van der Waals surface area contributed by atoms with Crippen LogP contribution in [0.3, 0.4) is 0 Å². The summed E-state index contributed by atoms with van der Waals surface area (Å²) in [4.78, 5) is 12.8. The molecule has 1 aliphatic heterocycles. The molecule has 0 aliphatic carbocycles. The van der Waals surface area contributed by atoms with Gasteiger partial charge >= 0.3 is 5.97 Å². The lowest BCUT2D eigenvalue weighted by Gasteiger charge is -2.18. The summed E-state index contributed by atoms with van der Waals surface area (Å²) >= 11 is 0. The average molecular weight is 541 g/mol. The molecular formula is C33H33O5P. The fraction of sp³-hybridized carbons (Fsp3) is 0.242. The number of aromatic hydroxyl groups is 1. The second-order valence-electron chi connectivity index (χ2n) is 9.89. The number of aryl methyl sites for hydroxylation is 1. The first-order valence-electron chi connectivity index (χ1n) is 13.3. The fourth-order valence-corrected chi connectivity index (χ4v) is 6.90. The zero-order valence-corrected chi connectivity index (χ0v) is 23.1. The molecule has 3 atom stereocenters. The maximum Gasteiger partial charge on any atom is 0.338 e. The van der Waals surface area contributed by atoms with Crippen molar-refractivity contribution in [1.82, 2.24) is 0 Å². The Labute approximate surface area is 231 Å². The van der Waals surface area contributed by atoms with Crippen molar-refractivity contribution in [2.45, 2.75) is 45.1 Å². The van der Waals surface area contributed by atoms with Crippen molar-refractivity contribution >= 4 is 19.4 Å². The van der Waals surface area contributed by atoms with Crippen LogP contribution in [0.2, 0.25) is 0 Å². The Balaban J connectivity index is 1.22. The van der Waals surface area contributed by atoms with Gasteiger partial charge in [-0.05, 0) is 42.7 Å². The van der Waals surface area contributed by atoms with Gasteiger partial charge in [0, 0.05) is 22.9 Å². The molecule has 0 saturated carbocycles. The lowest BCUT2D eigenvalue weighted by atomic mass is 10.0. The van der Waals surface area contributed by atoms with Gasteiger partial charge in [-0.3, -0.25) is 0 Å². The Morgan fingerprint density at radius 3 is 2.51 bits per heavy atom. The number of carbonyl (C=O) groups is 1. The molecule has 0 spiro atoms. The van der Waals surface area contributed by atoms with E-state index in [9.17, 15) is 9.90 Å². The maximum atomic E-state index is 12.8. The van der Waals surface area contributed by atoms with Crippen molar-refractivity contribution in [1.29, 1.82) is 0 Å². The largest absolute Gasteiger partial charge is 0.504 e. The van der Waals surface area contributed by atoms with Crippen molar-refractivity contribution in [2.75, 3.05) is 6.61 Å². The third-order valence-electron chi connectivity index (χ3n) is 6.89. The maximum absolute atomic E-state index is 12.8. The normalized spacial score (nSPS) is 18.6. The van der Waals surface area contributed by atoms with Gasteiger partial charge in [-0.25, -0.2) is 4.79 Å². The van der Waals surface area contributed by atoms with E-state index in [-0.39, 0.29) is 23.5 Å². The highest BCUT2D eigenvalue weighted by Gasteiger charge is 2.36. The summed E-state index contributed by atoms with van der Waals surface area (Å²) in [6, 6.07) is 31.2. The van der Waals surface area contributed by atoms with Crippen LogP contribution in [0.1, 0.15) is 52.1 Å². The van der Waals surface area contributed by atoms with Crippen LogP contribution in [0.15, 0.2) is 97.1 Å². The predicted octanol–water partition coefficient (Wildman–Crippen LogP) is 7.25. The summed E-state index contributed by atoms with van der Waals surface area (Å²) in [6.07, 6.45) is 1.20. The number of ether oxygens (including phenoxy) is 2. The van der Waals surface area contributed by atoms with Gasteiger partial charge in [0.1, 0.15) is 6.61 Å².